The van der Waals surface area contributed by atoms with E-state index in [0.29, 0.717) is 43.2 Å². The number of para-hydroxylation sites is 1. The van der Waals surface area contributed by atoms with Crippen molar-refractivity contribution >= 4 is 17.4 Å². The number of carbonyl (C=O) groups is 2. The molecule has 35 heavy (non-hydrogen) atoms. The Hall–Kier alpha value is -3.69. The molecule has 9 heteroatoms. The number of aromatic nitrogens is 2. The van der Waals surface area contributed by atoms with Gasteiger partial charge < -0.3 is 19.2 Å². The molecule has 4 heterocycles. The third-order valence-corrected chi connectivity index (χ3v) is 6.60. The highest BCUT2D eigenvalue weighted by molar-refractivity contribution is 6.46. The Morgan fingerprint density at radius 3 is 2.57 bits per heavy atom. The molecule has 5 rings (SSSR count). The van der Waals surface area contributed by atoms with Gasteiger partial charge in [0.15, 0.2) is 0 Å². The SMILES string of the molecule is Cc1c(/C(O)=C2/C(=O)C(=O)N(CCCN3CCOCC3)C2c2ccco2)cnn1-c1ccccc1. The Bertz CT molecular complexity index is 1230. The molecule has 2 aliphatic rings. The van der Waals surface area contributed by atoms with Crippen molar-refractivity contribution in [3.8, 4) is 5.69 Å². The molecule has 0 bridgehead atoms. The lowest BCUT2D eigenvalue weighted by Crippen LogP contribution is -2.38. The maximum absolute atomic E-state index is 13.2. The number of benzene rings is 1. The summed E-state index contributed by atoms with van der Waals surface area (Å²) in [5.74, 6) is -1.17. The summed E-state index contributed by atoms with van der Waals surface area (Å²) in [6.45, 7) is 6.08. The number of rotatable bonds is 7. The monoisotopic (exact) mass is 476 g/mol. The van der Waals surface area contributed by atoms with Crippen LogP contribution in [0.25, 0.3) is 11.4 Å². The second kappa shape index (κ2) is 9.89. The fourth-order valence-electron chi connectivity index (χ4n) is 4.76. The molecule has 0 aliphatic carbocycles. The van der Waals surface area contributed by atoms with Crippen LogP contribution in [0.1, 0.15) is 29.5 Å². The highest BCUT2D eigenvalue weighted by Gasteiger charge is 2.47. The first kappa shape index (κ1) is 23.1. The van der Waals surface area contributed by atoms with Crippen LogP contribution in [-0.4, -0.2) is 75.8 Å². The van der Waals surface area contributed by atoms with Gasteiger partial charge in [0, 0.05) is 26.2 Å². The number of Topliss-reactive ketones (excluding diaryl/α,β-unsaturated/α-hetero) is 1. The molecule has 2 aromatic heterocycles. The Kier molecular flexibility index (Phi) is 6.52. The molecule has 2 fully saturated rings. The Morgan fingerprint density at radius 1 is 1.09 bits per heavy atom. The molecule has 3 aromatic rings. The number of furan rings is 1. The quantitative estimate of drug-likeness (QED) is 0.318. The first-order valence-corrected chi connectivity index (χ1v) is 11.8. The number of morpholine rings is 1. The molecule has 1 atom stereocenters. The maximum atomic E-state index is 13.2. The number of ketones is 1. The lowest BCUT2D eigenvalue weighted by molar-refractivity contribution is -0.140. The smallest absolute Gasteiger partial charge is 0.295 e. The summed E-state index contributed by atoms with van der Waals surface area (Å²) in [6.07, 6.45) is 3.71. The first-order chi connectivity index (χ1) is 17.1. The summed E-state index contributed by atoms with van der Waals surface area (Å²) < 4.78 is 12.7. The number of hydrogen-bond donors (Lipinski definition) is 1. The predicted octanol–water partition coefficient (Wildman–Crippen LogP) is 2.92. The number of aliphatic hydroxyl groups excluding tert-OH is 1. The standard InChI is InChI=1S/C26H28N4O5/c1-18-20(17-27-30(18)19-7-3-2-4-8-19)24(31)22-23(21-9-5-14-35-21)29(26(33)25(22)32)11-6-10-28-12-15-34-16-13-28/h2-5,7-9,14,17,23,31H,6,10-13,15-16H2,1H3/b24-22-. The summed E-state index contributed by atoms with van der Waals surface area (Å²) in [7, 11) is 0. The van der Waals surface area contributed by atoms with Gasteiger partial charge in [-0.3, -0.25) is 14.5 Å². The van der Waals surface area contributed by atoms with E-state index in [1.54, 1.807) is 16.8 Å². The number of carbonyl (C=O) groups excluding carboxylic acids is 2. The van der Waals surface area contributed by atoms with E-state index in [4.69, 9.17) is 9.15 Å². The molecule has 182 valence electrons. The van der Waals surface area contributed by atoms with Crippen molar-refractivity contribution in [3.05, 3.63) is 77.5 Å². The minimum atomic E-state index is -0.797. The molecular formula is C26H28N4O5. The van der Waals surface area contributed by atoms with E-state index in [1.165, 1.54) is 17.4 Å². The van der Waals surface area contributed by atoms with E-state index in [9.17, 15) is 14.7 Å². The number of nitrogens with zero attached hydrogens (tertiary/aromatic N) is 4. The van der Waals surface area contributed by atoms with Crippen LogP contribution in [0, 0.1) is 6.92 Å². The van der Waals surface area contributed by atoms with Crippen molar-refractivity contribution in [2.45, 2.75) is 19.4 Å². The van der Waals surface area contributed by atoms with E-state index >= 15 is 0 Å². The van der Waals surface area contributed by atoms with Crippen LogP contribution < -0.4 is 0 Å². The Labute approximate surface area is 203 Å². The summed E-state index contributed by atoms with van der Waals surface area (Å²) >= 11 is 0. The summed E-state index contributed by atoms with van der Waals surface area (Å²) in [5.41, 5.74) is 1.91. The topological polar surface area (TPSA) is 101 Å². The van der Waals surface area contributed by atoms with Crippen molar-refractivity contribution in [3.63, 3.8) is 0 Å². The predicted molar refractivity (Wildman–Crippen MR) is 128 cm³/mol. The molecule has 0 saturated carbocycles. The maximum Gasteiger partial charge on any atom is 0.295 e. The number of ether oxygens (including phenoxy) is 1. The molecule has 9 nitrogen and oxygen atoms in total. The van der Waals surface area contributed by atoms with Crippen LogP contribution >= 0.6 is 0 Å². The molecule has 1 aromatic carbocycles. The average molecular weight is 477 g/mol. The van der Waals surface area contributed by atoms with Crippen molar-refractivity contribution in [2.75, 3.05) is 39.4 Å². The molecule has 1 N–H and O–H groups in total. The Morgan fingerprint density at radius 2 is 1.86 bits per heavy atom. The van der Waals surface area contributed by atoms with Crippen molar-refractivity contribution in [1.82, 2.24) is 19.6 Å². The molecule has 2 aliphatic heterocycles. The minimum Gasteiger partial charge on any atom is -0.507 e. The largest absolute Gasteiger partial charge is 0.507 e. The van der Waals surface area contributed by atoms with Gasteiger partial charge in [-0.1, -0.05) is 18.2 Å². The normalized spacial score (nSPS) is 20.6. The van der Waals surface area contributed by atoms with Gasteiger partial charge in [0.2, 0.25) is 0 Å². The molecule has 0 spiro atoms. The number of aliphatic hydroxyl groups is 1. The Balaban J connectivity index is 1.47. The van der Waals surface area contributed by atoms with Crippen LogP contribution in [0.5, 0.6) is 0 Å². The zero-order valence-corrected chi connectivity index (χ0v) is 19.6. The molecule has 0 radical (unpaired) electrons. The van der Waals surface area contributed by atoms with E-state index in [0.717, 1.165) is 25.3 Å². The summed E-state index contributed by atoms with van der Waals surface area (Å²) in [5, 5.41) is 15.7. The fraction of sp³-hybridized carbons (Fsp3) is 0.346. The second-order valence-corrected chi connectivity index (χ2v) is 8.71. The highest BCUT2D eigenvalue weighted by Crippen LogP contribution is 2.40. The molecule has 1 amide bonds. The zero-order chi connectivity index (χ0) is 24.4. The molecule has 1 unspecified atom stereocenters. The molecule has 2 saturated heterocycles. The van der Waals surface area contributed by atoms with Gasteiger partial charge in [0.25, 0.3) is 11.7 Å². The number of likely N-dealkylation sites (tertiary alicyclic amines) is 1. The van der Waals surface area contributed by atoms with Gasteiger partial charge in [-0.15, -0.1) is 0 Å². The third-order valence-electron chi connectivity index (χ3n) is 6.60. The van der Waals surface area contributed by atoms with Gasteiger partial charge in [-0.2, -0.15) is 5.10 Å². The number of hydrogen-bond acceptors (Lipinski definition) is 7. The number of amides is 1. The van der Waals surface area contributed by atoms with E-state index in [1.807, 2.05) is 37.3 Å². The lowest BCUT2D eigenvalue weighted by Gasteiger charge is -2.28. The van der Waals surface area contributed by atoms with Crippen LogP contribution in [-0.2, 0) is 14.3 Å². The average Bonchev–Trinajstić information content (AvgIpc) is 3.60. The molecular weight excluding hydrogens is 448 g/mol. The van der Waals surface area contributed by atoms with Gasteiger partial charge in [-0.05, 0) is 37.6 Å². The van der Waals surface area contributed by atoms with Crippen LogP contribution in [0.3, 0.4) is 0 Å². The summed E-state index contributed by atoms with van der Waals surface area (Å²) in [6, 6.07) is 12.1. The van der Waals surface area contributed by atoms with Crippen LogP contribution in [0.15, 0.2) is 64.9 Å². The summed E-state index contributed by atoms with van der Waals surface area (Å²) in [4.78, 5) is 30.1. The highest BCUT2D eigenvalue weighted by atomic mass is 16.5. The first-order valence-electron chi connectivity index (χ1n) is 11.8. The van der Waals surface area contributed by atoms with Crippen LogP contribution in [0.2, 0.25) is 0 Å². The van der Waals surface area contributed by atoms with Crippen molar-refractivity contribution in [1.29, 1.82) is 0 Å². The second-order valence-electron chi connectivity index (χ2n) is 8.71. The van der Waals surface area contributed by atoms with Gasteiger partial charge in [0.05, 0.1) is 48.2 Å². The lowest BCUT2D eigenvalue weighted by atomic mass is 9.99. The van der Waals surface area contributed by atoms with Crippen molar-refractivity contribution < 1.29 is 23.8 Å². The van der Waals surface area contributed by atoms with Gasteiger partial charge >= 0.3 is 0 Å². The van der Waals surface area contributed by atoms with E-state index < -0.39 is 17.7 Å². The van der Waals surface area contributed by atoms with Crippen LogP contribution in [0.4, 0.5) is 0 Å². The van der Waals surface area contributed by atoms with Crippen molar-refractivity contribution in [2.24, 2.45) is 0 Å². The van der Waals surface area contributed by atoms with E-state index in [-0.39, 0.29) is 11.3 Å². The minimum absolute atomic E-state index is 0.0204. The van der Waals surface area contributed by atoms with Gasteiger partial charge in [0.1, 0.15) is 17.6 Å². The third kappa shape index (κ3) is 4.40. The van der Waals surface area contributed by atoms with E-state index in [2.05, 4.69) is 10.00 Å². The zero-order valence-electron chi connectivity index (χ0n) is 19.6. The fourth-order valence-corrected chi connectivity index (χ4v) is 4.76. The van der Waals surface area contributed by atoms with Gasteiger partial charge in [-0.25, -0.2) is 4.68 Å².